The van der Waals surface area contributed by atoms with Crippen LogP contribution in [-0.4, -0.2) is 0 Å². The highest BCUT2D eigenvalue weighted by Crippen LogP contribution is 2.28. The highest BCUT2D eigenvalue weighted by molar-refractivity contribution is 9.08. The molecule has 0 aliphatic heterocycles. The molecular formula is C9H6BrClO. The van der Waals surface area contributed by atoms with E-state index in [1.807, 2.05) is 18.2 Å². The molecule has 0 fully saturated rings. The lowest BCUT2D eigenvalue weighted by Crippen LogP contribution is -1.71. The van der Waals surface area contributed by atoms with Crippen molar-refractivity contribution in [3.8, 4) is 0 Å². The number of furan rings is 1. The van der Waals surface area contributed by atoms with Crippen molar-refractivity contribution >= 4 is 38.5 Å². The average Bonchev–Trinajstić information content (AvgIpc) is 2.49. The largest absolute Gasteiger partial charge is 0.462 e. The van der Waals surface area contributed by atoms with Crippen LogP contribution in [0.2, 0.25) is 5.02 Å². The predicted octanol–water partition coefficient (Wildman–Crippen LogP) is 3.98. The number of hydrogen-bond acceptors (Lipinski definition) is 1. The summed E-state index contributed by atoms with van der Waals surface area (Å²) in [4.78, 5) is 0. The van der Waals surface area contributed by atoms with Gasteiger partial charge in [0.2, 0.25) is 0 Å². The van der Waals surface area contributed by atoms with Gasteiger partial charge in [-0.3, -0.25) is 0 Å². The lowest BCUT2D eigenvalue weighted by Gasteiger charge is -1.91. The van der Waals surface area contributed by atoms with E-state index >= 15 is 0 Å². The first-order valence-corrected chi connectivity index (χ1v) is 5.03. The van der Waals surface area contributed by atoms with Crippen LogP contribution in [0.25, 0.3) is 11.0 Å². The first kappa shape index (κ1) is 8.14. The second-order valence-electron chi connectivity index (χ2n) is 2.51. The van der Waals surface area contributed by atoms with Gasteiger partial charge in [-0.15, -0.1) is 0 Å². The summed E-state index contributed by atoms with van der Waals surface area (Å²) < 4.78 is 5.31. The number of halogens is 2. The van der Waals surface area contributed by atoms with Crippen molar-refractivity contribution in [3.05, 3.63) is 35.0 Å². The van der Waals surface area contributed by atoms with Crippen molar-refractivity contribution in [2.45, 2.75) is 5.33 Å². The molecule has 0 aliphatic rings. The third kappa shape index (κ3) is 1.15. The van der Waals surface area contributed by atoms with Gasteiger partial charge in [0.25, 0.3) is 0 Å². The Morgan fingerprint density at radius 3 is 3.00 bits per heavy atom. The highest BCUT2D eigenvalue weighted by atomic mass is 79.9. The molecule has 1 nitrogen and oxygen atoms in total. The quantitative estimate of drug-likeness (QED) is 0.693. The van der Waals surface area contributed by atoms with Gasteiger partial charge in [-0.2, -0.15) is 0 Å². The molecule has 0 amide bonds. The van der Waals surface area contributed by atoms with Gasteiger partial charge in [0, 0.05) is 16.3 Å². The summed E-state index contributed by atoms with van der Waals surface area (Å²) in [5.41, 5.74) is 1.90. The molecule has 0 aliphatic carbocycles. The van der Waals surface area contributed by atoms with E-state index in [0.29, 0.717) is 5.02 Å². The molecule has 1 aromatic heterocycles. The highest BCUT2D eigenvalue weighted by Gasteiger charge is 2.06. The molecule has 0 bridgehead atoms. The van der Waals surface area contributed by atoms with Crippen molar-refractivity contribution in [1.82, 2.24) is 0 Å². The maximum atomic E-state index is 5.92. The minimum absolute atomic E-state index is 0.666. The summed E-state index contributed by atoms with van der Waals surface area (Å²) >= 11 is 9.30. The smallest absolute Gasteiger partial charge is 0.152 e. The van der Waals surface area contributed by atoms with Crippen molar-refractivity contribution < 1.29 is 4.42 Å². The van der Waals surface area contributed by atoms with E-state index in [1.54, 1.807) is 6.26 Å². The number of fused-ring (bicyclic) bond motifs is 1. The first-order valence-electron chi connectivity index (χ1n) is 3.53. The fraction of sp³-hybridized carbons (Fsp3) is 0.111. The van der Waals surface area contributed by atoms with Crippen LogP contribution in [0.15, 0.2) is 28.9 Å². The Morgan fingerprint density at radius 1 is 1.42 bits per heavy atom. The summed E-state index contributed by atoms with van der Waals surface area (Å²) in [6.07, 6.45) is 1.73. The van der Waals surface area contributed by atoms with Crippen LogP contribution in [0, 0.1) is 0 Å². The minimum atomic E-state index is 0.666. The van der Waals surface area contributed by atoms with Gasteiger partial charge in [0.1, 0.15) is 0 Å². The van der Waals surface area contributed by atoms with Crippen LogP contribution in [0.3, 0.4) is 0 Å². The third-order valence-electron chi connectivity index (χ3n) is 1.78. The molecule has 62 valence electrons. The van der Waals surface area contributed by atoms with Crippen LogP contribution >= 0.6 is 27.5 Å². The van der Waals surface area contributed by atoms with Gasteiger partial charge in [0.05, 0.1) is 11.3 Å². The SMILES string of the molecule is Clc1cccc2c(CBr)coc12. The fourth-order valence-corrected chi connectivity index (χ4v) is 1.83. The van der Waals surface area contributed by atoms with Crippen molar-refractivity contribution in [2.24, 2.45) is 0 Å². The van der Waals surface area contributed by atoms with Crippen LogP contribution in [0.1, 0.15) is 5.56 Å². The molecule has 0 atom stereocenters. The zero-order valence-corrected chi connectivity index (χ0v) is 8.52. The lowest BCUT2D eigenvalue weighted by molar-refractivity contribution is 0.613. The van der Waals surface area contributed by atoms with E-state index in [9.17, 15) is 0 Å². The molecule has 0 saturated heterocycles. The topological polar surface area (TPSA) is 13.1 Å². The van der Waals surface area contributed by atoms with Gasteiger partial charge in [-0.05, 0) is 6.07 Å². The van der Waals surface area contributed by atoms with Crippen LogP contribution in [0.4, 0.5) is 0 Å². The van der Waals surface area contributed by atoms with Crippen LogP contribution in [0.5, 0.6) is 0 Å². The Hall–Kier alpha value is -0.470. The zero-order chi connectivity index (χ0) is 8.55. The number of para-hydroxylation sites is 1. The maximum absolute atomic E-state index is 5.92. The lowest BCUT2D eigenvalue weighted by atomic mass is 10.2. The number of rotatable bonds is 1. The standard InChI is InChI=1S/C9H6BrClO/c10-4-6-5-12-9-7(6)2-1-3-8(9)11/h1-3,5H,4H2. The Balaban J connectivity index is 2.80. The summed E-state index contributed by atoms with van der Waals surface area (Å²) in [6, 6.07) is 5.75. The molecule has 0 saturated carbocycles. The predicted molar refractivity (Wildman–Crippen MR) is 53.9 cm³/mol. The third-order valence-corrected chi connectivity index (χ3v) is 2.68. The van der Waals surface area contributed by atoms with Crippen molar-refractivity contribution in [3.63, 3.8) is 0 Å². The van der Waals surface area contributed by atoms with Gasteiger partial charge < -0.3 is 4.42 Å². The molecular weight excluding hydrogens is 239 g/mol. The van der Waals surface area contributed by atoms with Gasteiger partial charge in [0.15, 0.2) is 5.58 Å². The zero-order valence-electron chi connectivity index (χ0n) is 6.18. The summed E-state index contributed by atoms with van der Waals surface area (Å²) in [5.74, 6) is 0. The molecule has 1 heterocycles. The Bertz CT molecular complexity index is 408. The Labute approximate surface area is 83.4 Å². The number of hydrogen-bond donors (Lipinski definition) is 0. The van der Waals surface area contributed by atoms with Gasteiger partial charge in [-0.25, -0.2) is 0 Å². The van der Waals surface area contributed by atoms with E-state index in [0.717, 1.165) is 21.9 Å². The normalized spacial score (nSPS) is 10.8. The fourth-order valence-electron chi connectivity index (χ4n) is 1.18. The molecule has 0 spiro atoms. The van der Waals surface area contributed by atoms with Crippen LogP contribution < -0.4 is 0 Å². The van der Waals surface area contributed by atoms with Crippen molar-refractivity contribution in [2.75, 3.05) is 0 Å². The summed E-state index contributed by atoms with van der Waals surface area (Å²) in [5, 5.41) is 2.54. The average molecular weight is 246 g/mol. The number of benzene rings is 1. The molecule has 0 N–H and O–H groups in total. The van der Waals surface area contributed by atoms with E-state index in [2.05, 4.69) is 15.9 Å². The van der Waals surface area contributed by atoms with Crippen molar-refractivity contribution in [1.29, 1.82) is 0 Å². The Kier molecular flexibility index (Phi) is 2.11. The van der Waals surface area contributed by atoms with Gasteiger partial charge in [-0.1, -0.05) is 39.7 Å². The first-order chi connectivity index (χ1) is 5.83. The maximum Gasteiger partial charge on any atom is 0.152 e. The molecule has 3 heteroatoms. The summed E-state index contributed by atoms with van der Waals surface area (Å²) in [6.45, 7) is 0. The molecule has 0 radical (unpaired) electrons. The second kappa shape index (κ2) is 3.11. The molecule has 12 heavy (non-hydrogen) atoms. The number of alkyl halides is 1. The van der Waals surface area contributed by atoms with E-state index < -0.39 is 0 Å². The molecule has 2 aromatic rings. The minimum Gasteiger partial charge on any atom is -0.462 e. The van der Waals surface area contributed by atoms with E-state index in [4.69, 9.17) is 16.0 Å². The monoisotopic (exact) mass is 244 g/mol. The van der Waals surface area contributed by atoms with E-state index in [-0.39, 0.29) is 0 Å². The molecule has 2 rings (SSSR count). The summed E-state index contributed by atoms with van der Waals surface area (Å²) in [7, 11) is 0. The molecule has 1 aromatic carbocycles. The second-order valence-corrected chi connectivity index (χ2v) is 3.48. The molecule has 0 unspecified atom stereocenters. The van der Waals surface area contributed by atoms with E-state index in [1.165, 1.54) is 0 Å². The van der Waals surface area contributed by atoms with Gasteiger partial charge >= 0.3 is 0 Å². The van der Waals surface area contributed by atoms with Crippen LogP contribution in [-0.2, 0) is 5.33 Å². The Morgan fingerprint density at radius 2 is 2.25 bits per heavy atom.